The molecule has 0 atom stereocenters. The summed E-state index contributed by atoms with van der Waals surface area (Å²) in [5.74, 6) is -0.303. The van der Waals surface area contributed by atoms with Gasteiger partial charge in [0.15, 0.2) is 6.61 Å². The Morgan fingerprint density at radius 3 is 2.40 bits per heavy atom. The minimum absolute atomic E-state index is 0.220. The van der Waals surface area contributed by atoms with Crippen LogP contribution >= 0.6 is 15.9 Å². The number of nitro benzene ring substituents is 1. The van der Waals surface area contributed by atoms with Gasteiger partial charge in [-0.3, -0.25) is 14.9 Å². The third-order valence-electron chi connectivity index (χ3n) is 2.97. The van der Waals surface area contributed by atoms with E-state index in [4.69, 9.17) is 4.74 Å². The normalized spacial score (nSPS) is 11.0. The number of alkyl halides is 3. The van der Waals surface area contributed by atoms with Crippen LogP contribution in [0.15, 0.2) is 46.9 Å². The third-order valence-corrected chi connectivity index (χ3v) is 3.49. The number of nitro groups is 1. The maximum Gasteiger partial charge on any atom is 0.423 e. The van der Waals surface area contributed by atoms with Crippen LogP contribution in [0.3, 0.4) is 0 Å². The maximum atomic E-state index is 12.9. The van der Waals surface area contributed by atoms with Crippen LogP contribution in [0, 0.1) is 10.1 Å². The van der Waals surface area contributed by atoms with Crippen molar-refractivity contribution in [2.75, 3.05) is 11.9 Å². The Balaban J connectivity index is 2.07. The summed E-state index contributed by atoms with van der Waals surface area (Å²) in [4.78, 5) is 21.3. The first kappa shape index (κ1) is 18.7. The van der Waals surface area contributed by atoms with Gasteiger partial charge < -0.3 is 10.1 Å². The van der Waals surface area contributed by atoms with Crippen LogP contribution in [0.2, 0.25) is 0 Å². The van der Waals surface area contributed by atoms with Gasteiger partial charge in [0.2, 0.25) is 0 Å². The van der Waals surface area contributed by atoms with Gasteiger partial charge in [-0.15, -0.1) is 0 Å². The van der Waals surface area contributed by atoms with Gasteiger partial charge in [-0.25, -0.2) is 0 Å². The van der Waals surface area contributed by atoms with Gasteiger partial charge in [0.25, 0.3) is 11.6 Å². The largest absolute Gasteiger partial charge is 0.484 e. The Hall–Kier alpha value is -2.62. The molecule has 1 N–H and O–H groups in total. The van der Waals surface area contributed by atoms with Gasteiger partial charge in [-0.05, 0) is 36.4 Å². The van der Waals surface area contributed by atoms with E-state index >= 15 is 0 Å². The molecule has 10 heteroatoms. The molecule has 0 unspecified atom stereocenters. The fraction of sp³-hybridized carbons (Fsp3) is 0.133. The molecule has 0 saturated heterocycles. The molecule has 6 nitrogen and oxygen atoms in total. The fourth-order valence-corrected chi connectivity index (χ4v) is 2.14. The SMILES string of the molecule is O=C(COc1ccc(Br)cc1)Nc1ccc([N+](=O)[O-])c(C(F)(F)F)c1. The van der Waals surface area contributed by atoms with E-state index in [1.165, 1.54) is 0 Å². The van der Waals surface area contributed by atoms with Crippen LogP contribution in [0.4, 0.5) is 24.5 Å². The smallest absolute Gasteiger partial charge is 0.423 e. The lowest BCUT2D eigenvalue weighted by molar-refractivity contribution is -0.388. The highest BCUT2D eigenvalue weighted by Crippen LogP contribution is 2.37. The summed E-state index contributed by atoms with van der Waals surface area (Å²) >= 11 is 3.23. The monoisotopic (exact) mass is 418 g/mol. The molecule has 2 aromatic rings. The van der Waals surface area contributed by atoms with Crippen molar-refractivity contribution in [3.05, 3.63) is 62.6 Å². The first-order valence-electron chi connectivity index (χ1n) is 6.70. The molecule has 0 aromatic heterocycles. The zero-order valence-electron chi connectivity index (χ0n) is 12.3. The standard InChI is InChI=1S/C15H10BrF3N2O4/c16-9-1-4-11(5-2-9)25-8-14(22)20-10-3-6-13(21(23)24)12(7-10)15(17,18)19/h1-7H,8H2,(H,20,22). The fourth-order valence-electron chi connectivity index (χ4n) is 1.88. The van der Waals surface area contributed by atoms with E-state index in [0.717, 1.165) is 10.5 Å². The molecule has 0 radical (unpaired) electrons. The van der Waals surface area contributed by atoms with Crippen molar-refractivity contribution in [1.29, 1.82) is 0 Å². The van der Waals surface area contributed by atoms with Gasteiger partial charge >= 0.3 is 6.18 Å². The minimum atomic E-state index is -4.92. The number of carbonyl (C=O) groups is 1. The highest BCUT2D eigenvalue weighted by molar-refractivity contribution is 9.10. The molecule has 0 fully saturated rings. The Morgan fingerprint density at radius 1 is 1.20 bits per heavy atom. The number of anilines is 1. The lowest BCUT2D eigenvalue weighted by atomic mass is 10.1. The first-order chi connectivity index (χ1) is 11.7. The molecular formula is C15H10BrF3N2O4. The summed E-state index contributed by atoms with van der Waals surface area (Å²) in [6, 6.07) is 8.81. The highest BCUT2D eigenvalue weighted by atomic mass is 79.9. The molecule has 0 heterocycles. The number of ether oxygens (including phenoxy) is 1. The lowest BCUT2D eigenvalue weighted by Gasteiger charge is -2.11. The second-order valence-electron chi connectivity index (χ2n) is 4.78. The number of hydrogen-bond acceptors (Lipinski definition) is 4. The predicted molar refractivity (Wildman–Crippen MR) is 86.4 cm³/mol. The van der Waals surface area contributed by atoms with Crippen molar-refractivity contribution in [2.24, 2.45) is 0 Å². The van der Waals surface area contributed by atoms with Crippen molar-refractivity contribution in [1.82, 2.24) is 0 Å². The van der Waals surface area contributed by atoms with Crippen LogP contribution < -0.4 is 10.1 Å². The van der Waals surface area contributed by atoms with Crippen LogP contribution in [0.25, 0.3) is 0 Å². The number of nitrogens with one attached hydrogen (secondary N) is 1. The van der Waals surface area contributed by atoms with E-state index < -0.39 is 34.9 Å². The second kappa shape index (κ2) is 7.51. The molecule has 0 spiro atoms. The van der Waals surface area contributed by atoms with E-state index in [0.29, 0.717) is 17.9 Å². The number of amides is 1. The van der Waals surface area contributed by atoms with Gasteiger partial charge in [-0.2, -0.15) is 13.2 Å². The summed E-state index contributed by atoms with van der Waals surface area (Å²) in [7, 11) is 0. The van der Waals surface area contributed by atoms with Crippen LogP contribution in [-0.2, 0) is 11.0 Å². The van der Waals surface area contributed by atoms with Crippen molar-refractivity contribution in [3.8, 4) is 5.75 Å². The number of halogens is 4. The summed E-state index contributed by atoms with van der Waals surface area (Å²) in [5, 5.41) is 12.9. The average molecular weight is 419 g/mol. The van der Waals surface area contributed by atoms with Crippen molar-refractivity contribution < 1.29 is 27.6 Å². The van der Waals surface area contributed by atoms with E-state index in [1.807, 2.05) is 0 Å². The van der Waals surface area contributed by atoms with E-state index in [9.17, 15) is 28.1 Å². The summed E-state index contributed by atoms with van der Waals surface area (Å²) in [5.41, 5.74) is -2.75. The van der Waals surface area contributed by atoms with Crippen molar-refractivity contribution in [2.45, 2.75) is 6.18 Å². The Bertz CT molecular complexity index is 794. The maximum absolute atomic E-state index is 12.9. The van der Waals surface area contributed by atoms with Crippen LogP contribution in [0.1, 0.15) is 5.56 Å². The van der Waals surface area contributed by atoms with Crippen LogP contribution in [-0.4, -0.2) is 17.4 Å². The number of hydrogen-bond donors (Lipinski definition) is 1. The van der Waals surface area contributed by atoms with Crippen molar-refractivity contribution in [3.63, 3.8) is 0 Å². The second-order valence-corrected chi connectivity index (χ2v) is 5.69. The number of carbonyl (C=O) groups excluding carboxylic acids is 1. The van der Waals surface area contributed by atoms with E-state index in [1.54, 1.807) is 24.3 Å². The van der Waals surface area contributed by atoms with Gasteiger partial charge in [0, 0.05) is 16.2 Å². The minimum Gasteiger partial charge on any atom is -0.484 e. The van der Waals surface area contributed by atoms with Gasteiger partial charge in [0.05, 0.1) is 4.92 Å². The van der Waals surface area contributed by atoms with Crippen molar-refractivity contribution >= 4 is 33.2 Å². The molecule has 25 heavy (non-hydrogen) atoms. The lowest BCUT2D eigenvalue weighted by Crippen LogP contribution is -2.20. The summed E-state index contributed by atoms with van der Waals surface area (Å²) < 4.78 is 44.7. The number of benzene rings is 2. The highest BCUT2D eigenvalue weighted by Gasteiger charge is 2.38. The molecule has 0 saturated carbocycles. The van der Waals surface area contributed by atoms with E-state index in [2.05, 4.69) is 21.2 Å². The molecule has 0 bridgehead atoms. The van der Waals surface area contributed by atoms with E-state index in [-0.39, 0.29) is 5.69 Å². The van der Waals surface area contributed by atoms with Gasteiger partial charge in [0.1, 0.15) is 11.3 Å². The molecule has 0 aliphatic heterocycles. The zero-order chi connectivity index (χ0) is 18.6. The third kappa shape index (κ3) is 5.18. The zero-order valence-corrected chi connectivity index (χ0v) is 13.9. The average Bonchev–Trinajstić information content (AvgIpc) is 2.53. The molecular weight excluding hydrogens is 409 g/mol. The summed E-state index contributed by atoms with van der Waals surface area (Å²) in [6.07, 6.45) is -4.92. The molecule has 132 valence electrons. The number of rotatable bonds is 5. The first-order valence-corrected chi connectivity index (χ1v) is 7.50. The molecule has 0 aliphatic rings. The molecule has 2 rings (SSSR count). The number of nitrogens with zero attached hydrogens (tertiary/aromatic N) is 1. The molecule has 2 aromatic carbocycles. The van der Waals surface area contributed by atoms with Gasteiger partial charge in [-0.1, -0.05) is 15.9 Å². The Labute approximate surface area is 147 Å². The van der Waals surface area contributed by atoms with Crippen LogP contribution in [0.5, 0.6) is 5.75 Å². The Kier molecular flexibility index (Phi) is 5.62. The molecule has 0 aliphatic carbocycles. The quantitative estimate of drug-likeness (QED) is 0.576. The predicted octanol–water partition coefficient (Wildman–Crippen LogP) is 4.39. The topological polar surface area (TPSA) is 81.5 Å². The Morgan fingerprint density at radius 2 is 1.84 bits per heavy atom. The summed E-state index contributed by atoms with van der Waals surface area (Å²) in [6.45, 7) is -0.431. The molecule has 1 amide bonds.